The van der Waals surface area contributed by atoms with Crippen molar-refractivity contribution >= 4 is 50.7 Å². The summed E-state index contributed by atoms with van der Waals surface area (Å²) in [4.78, 5) is 0. The van der Waals surface area contributed by atoms with Gasteiger partial charge in [-0.1, -0.05) is 35.3 Å². The predicted octanol–water partition coefficient (Wildman–Crippen LogP) is 6.19. The van der Waals surface area contributed by atoms with Gasteiger partial charge in [0.15, 0.2) is 0 Å². The fourth-order valence-electron chi connectivity index (χ4n) is 3.69. The Bertz CT molecular complexity index is 1110. The van der Waals surface area contributed by atoms with Gasteiger partial charge >= 0.3 is 0 Å². The van der Waals surface area contributed by atoms with E-state index in [2.05, 4.69) is 29.8 Å². The van der Waals surface area contributed by atoms with Gasteiger partial charge in [0.2, 0.25) is 0 Å². The Balaban J connectivity index is 1.64. The monoisotopic (exact) mass is 412 g/mol. The minimum Gasteiger partial charge on any atom is -0.389 e. The zero-order valence-corrected chi connectivity index (χ0v) is 17.3. The molecule has 28 heavy (non-hydrogen) atoms. The molecule has 5 heteroatoms. The maximum absolute atomic E-state index is 10.7. The van der Waals surface area contributed by atoms with E-state index in [0.717, 1.165) is 27.5 Å². The highest BCUT2D eigenvalue weighted by Gasteiger charge is 2.15. The lowest BCUT2D eigenvalue weighted by Gasteiger charge is -2.17. The molecule has 1 aromatic heterocycles. The predicted molar refractivity (Wildman–Crippen MR) is 120 cm³/mol. The van der Waals surface area contributed by atoms with Crippen LogP contribution in [0.15, 0.2) is 54.6 Å². The lowest BCUT2D eigenvalue weighted by Crippen LogP contribution is -2.25. The van der Waals surface area contributed by atoms with E-state index in [1.165, 1.54) is 11.1 Å². The van der Waals surface area contributed by atoms with E-state index in [4.69, 9.17) is 23.2 Å². The highest BCUT2D eigenvalue weighted by molar-refractivity contribution is 6.33. The number of benzene rings is 3. The summed E-state index contributed by atoms with van der Waals surface area (Å²) >= 11 is 12.4. The van der Waals surface area contributed by atoms with E-state index in [9.17, 15) is 5.11 Å². The fourth-order valence-corrected chi connectivity index (χ4v) is 4.04. The number of aryl methyl sites for hydroxylation is 1. The van der Waals surface area contributed by atoms with Crippen molar-refractivity contribution in [3.8, 4) is 0 Å². The number of hydrogen-bond acceptors (Lipinski definition) is 2. The van der Waals surface area contributed by atoms with E-state index >= 15 is 0 Å². The van der Waals surface area contributed by atoms with Crippen LogP contribution in [0.3, 0.4) is 0 Å². The molecular formula is C23H22Cl2N2O. The van der Waals surface area contributed by atoms with E-state index < -0.39 is 6.10 Å². The summed E-state index contributed by atoms with van der Waals surface area (Å²) in [5.74, 6) is 0. The summed E-state index contributed by atoms with van der Waals surface area (Å²) in [6.07, 6.45) is -0.551. The van der Waals surface area contributed by atoms with Gasteiger partial charge in [0, 0.05) is 44.1 Å². The molecular weight excluding hydrogens is 391 g/mol. The largest absolute Gasteiger partial charge is 0.389 e. The molecule has 0 radical (unpaired) electrons. The van der Waals surface area contributed by atoms with Gasteiger partial charge < -0.3 is 15.0 Å². The third-order valence-corrected chi connectivity index (χ3v) is 5.79. The molecule has 4 rings (SSSR count). The molecule has 0 aliphatic carbocycles. The number of fused-ring (bicyclic) bond motifs is 3. The van der Waals surface area contributed by atoms with Crippen molar-refractivity contribution < 1.29 is 5.11 Å². The van der Waals surface area contributed by atoms with Gasteiger partial charge in [0.05, 0.1) is 12.6 Å². The first kappa shape index (κ1) is 19.1. The third-order valence-electron chi connectivity index (χ3n) is 5.32. The van der Waals surface area contributed by atoms with Crippen LogP contribution in [0.4, 0.5) is 5.69 Å². The van der Waals surface area contributed by atoms with Crippen molar-refractivity contribution in [3.63, 3.8) is 0 Å². The fraction of sp³-hybridized carbons (Fsp3) is 0.217. The maximum atomic E-state index is 10.7. The number of rotatable bonds is 5. The van der Waals surface area contributed by atoms with E-state index in [1.54, 1.807) is 0 Å². The molecule has 1 atom stereocenters. The molecule has 2 N–H and O–H groups in total. The van der Waals surface area contributed by atoms with Crippen molar-refractivity contribution in [2.24, 2.45) is 0 Å². The Morgan fingerprint density at radius 2 is 1.54 bits per heavy atom. The Morgan fingerprint density at radius 1 is 0.929 bits per heavy atom. The molecule has 0 unspecified atom stereocenters. The Hall–Kier alpha value is -2.20. The minimum atomic E-state index is -0.551. The number of aliphatic hydroxyl groups is 1. The first-order chi connectivity index (χ1) is 13.4. The van der Waals surface area contributed by atoms with E-state index in [0.29, 0.717) is 23.1 Å². The lowest BCUT2D eigenvalue weighted by atomic mass is 10.1. The summed E-state index contributed by atoms with van der Waals surface area (Å²) in [5, 5.41) is 17.6. The first-order valence-corrected chi connectivity index (χ1v) is 10.0. The summed E-state index contributed by atoms with van der Waals surface area (Å²) in [6, 6.07) is 17.8. The zero-order valence-electron chi connectivity index (χ0n) is 15.8. The van der Waals surface area contributed by atoms with E-state index in [1.807, 2.05) is 48.5 Å². The van der Waals surface area contributed by atoms with Crippen LogP contribution >= 0.6 is 23.2 Å². The summed E-state index contributed by atoms with van der Waals surface area (Å²) in [5.41, 5.74) is 5.56. The van der Waals surface area contributed by atoms with Crippen LogP contribution in [-0.2, 0) is 6.54 Å². The molecule has 4 aromatic rings. The van der Waals surface area contributed by atoms with Crippen LogP contribution in [0, 0.1) is 13.8 Å². The third kappa shape index (κ3) is 3.58. The number of anilines is 1. The molecule has 0 amide bonds. The van der Waals surface area contributed by atoms with Crippen LogP contribution < -0.4 is 5.32 Å². The van der Waals surface area contributed by atoms with Crippen LogP contribution in [-0.4, -0.2) is 22.3 Å². The number of halogens is 2. The second-order valence-corrected chi connectivity index (χ2v) is 8.09. The van der Waals surface area contributed by atoms with Gasteiger partial charge in [0.25, 0.3) is 0 Å². The SMILES string of the molecule is Cc1cccc(NC[C@@H](O)Cn2c3ccc(Cl)cc3c3cc(Cl)ccc32)c1C. The number of aromatic nitrogens is 1. The smallest absolute Gasteiger partial charge is 0.0891 e. The normalized spacial score (nSPS) is 12.6. The average Bonchev–Trinajstić information content (AvgIpc) is 2.95. The van der Waals surface area contributed by atoms with Gasteiger partial charge in [0.1, 0.15) is 0 Å². The topological polar surface area (TPSA) is 37.2 Å². The van der Waals surface area contributed by atoms with Crippen LogP contribution in [0.5, 0.6) is 0 Å². The van der Waals surface area contributed by atoms with Gasteiger partial charge in [-0.2, -0.15) is 0 Å². The summed E-state index contributed by atoms with van der Waals surface area (Å²) < 4.78 is 2.13. The second-order valence-electron chi connectivity index (χ2n) is 7.22. The van der Waals surface area contributed by atoms with Crippen LogP contribution in [0.25, 0.3) is 21.8 Å². The molecule has 144 valence electrons. The van der Waals surface area contributed by atoms with Gasteiger partial charge in [-0.05, 0) is 67.4 Å². The highest BCUT2D eigenvalue weighted by Crippen LogP contribution is 2.33. The quantitative estimate of drug-likeness (QED) is 0.409. The second kappa shape index (κ2) is 7.67. The minimum absolute atomic E-state index is 0.465. The van der Waals surface area contributed by atoms with Crippen molar-refractivity contribution in [3.05, 3.63) is 75.8 Å². The van der Waals surface area contributed by atoms with Gasteiger partial charge in [-0.25, -0.2) is 0 Å². The van der Waals surface area contributed by atoms with E-state index in [-0.39, 0.29) is 0 Å². The van der Waals surface area contributed by atoms with Crippen molar-refractivity contribution in [2.45, 2.75) is 26.5 Å². The molecule has 0 aliphatic heterocycles. The zero-order chi connectivity index (χ0) is 19.8. The molecule has 0 saturated heterocycles. The molecule has 0 saturated carbocycles. The Morgan fingerprint density at radius 3 is 2.14 bits per heavy atom. The Kier molecular flexibility index (Phi) is 5.24. The number of aliphatic hydroxyl groups excluding tert-OH is 1. The van der Waals surface area contributed by atoms with Crippen molar-refractivity contribution in [1.82, 2.24) is 4.57 Å². The lowest BCUT2D eigenvalue weighted by molar-refractivity contribution is 0.169. The molecule has 1 heterocycles. The summed E-state index contributed by atoms with van der Waals surface area (Å²) in [7, 11) is 0. The van der Waals surface area contributed by atoms with Crippen LogP contribution in [0.1, 0.15) is 11.1 Å². The summed E-state index contributed by atoms with van der Waals surface area (Å²) in [6.45, 7) is 5.11. The molecule has 0 aliphatic rings. The van der Waals surface area contributed by atoms with Crippen molar-refractivity contribution in [1.29, 1.82) is 0 Å². The number of nitrogens with zero attached hydrogens (tertiary/aromatic N) is 1. The number of hydrogen-bond donors (Lipinski definition) is 2. The van der Waals surface area contributed by atoms with Crippen LogP contribution in [0.2, 0.25) is 10.0 Å². The standard InChI is InChI=1S/C23H22Cl2N2O/c1-14-4-3-5-21(15(14)2)26-12-18(28)13-27-22-8-6-16(24)10-19(22)20-11-17(25)7-9-23(20)27/h3-11,18,26,28H,12-13H2,1-2H3/t18-/m1/s1. The highest BCUT2D eigenvalue weighted by atomic mass is 35.5. The first-order valence-electron chi connectivity index (χ1n) is 9.29. The molecule has 0 fully saturated rings. The number of nitrogens with one attached hydrogen (secondary N) is 1. The van der Waals surface area contributed by atoms with Gasteiger partial charge in [-0.3, -0.25) is 0 Å². The maximum Gasteiger partial charge on any atom is 0.0891 e. The van der Waals surface area contributed by atoms with Gasteiger partial charge in [-0.15, -0.1) is 0 Å². The van der Waals surface area contributed by atoms with Crippen molar-refractivity contribution in [2.75, 3.05) is 11.9 Å². The molecule has 0 spiro atoms. The molecule has 3 nitrogen and oxygen atoms in total. The Labute approximate surface area is 174 Å². The average molecular weight is 413 g/mol. The molecule has 3 aromatic carbocycles. The molecule has 0 bridgehead atoms.